The lowest BCUT2D eigenvalue weighted by Gasteiger charge is -2.01. The third-order valence-corrected chi connectivity index (χ3v) is 1.80. The van der Waals surface area contributed by atoms with Gasteiger partial charge in [0.05, 0.1) is 0 Å². The highest BCUT2D eigenvalue weighted by Crippen LogP contribution is 2.14. The fourth-order valence-corrected chi connectivity index (χ4v) is 1.18. The van der Waals surface area contributed by atoms with Crippen molar-refractivity contribution in [1.29, 1.82) is 0 Å². The summed E-state index contributed by atoms with van der Waals surface area (Å²) < 4.78 is 0. The fraction of sp³-hybridized carbons (Fsp3) is 0.444. The third-order valence-electron chi connectivity index (χ3n) is 1.80. The predicted molar refractivity (Wildman–Crippen MR) is 45.1 cm³/mol. The molecule has 1 fully saturated rings. The van der Waals surface area contributed by atoms with E-state index in [-0.39, 0.29) is 5.78 Å². The van der Waals surface area contributed by atoms with Crippen molar-refractivity contribution in [1.82, 2.24) is 5.32 Å². The van der Waals surface area contributed by atoms with Crippen LogP contribution in [0.25, 0.3) is 0 Å². The van der Waals surface area contributed by atoms with Gasteiger partial charge in [-0.3, -0.25) is 4.79 Å². The Morgan fingerprint density at radius 2 is 2.55 bits per heavy atom. The van der Waals surface area contributed by atoms with Gasteiger partial charge >= 0.3 is 0 Å². The average molecular weight is 151 g/mol. The van der Waals surface area contributed by atoms with E-state index < -0.39 is 0 Å². The Balaban J connectivity index is 2.54. The lowest BCUT2D eigenvalue weighted by molar-refractivity contribution is -0.110. The maximum absolute atomic E-state index is 10.8. The summed E-state index contributed by atoms with van der Waals surface area (Å²) in [7, 11) is 0. The Kier molecular flexibility index (Phi) is 2.47. The van der Waals surface area contributed by atoms with E-state index in [4.69, 9.17) is 0 Å². The smallest absolute Gasteiger partial charge is 0.179 e. The van der Waals surface area contributed by atoms with Crippen LogP contribution >= 0.6 is 0 Å². The van der Waals surface area contributed by atoms with Crippen molar-refractivity contribution in [3.05, 3.63) is 24.4 Å². The Bertz CT molecular complexity index is 206. The first-order valence-electron chi connectivity index (χ1n) is 3.86. The van der Waals surface area contributed by atoms with Crippen molar-refractivity contribution >= 4 is 5.78 Å². The fourth-order valence-electron chi connectivity index (χ4n) is 1.18. The number of hydrogen-bond acceptors (Lipinski definition) is 2. The lowest BCUT2D eigenvalue weighted by atomic mass is 10.2. The molecule has 2 heteroatoms. The summed E-state index contributed by atoms with van der Waals surface area (Å²) in [5, 5.41) is 3.21. The van der Waals surface area contributed by atoms with E-state index >= 15 is 0 Å². The largest absolute Gasteiger partial charge is 0.386 e. The van der Waals surface area contributed by atoms with Crippen LogP contribution in [0.15, 0.2) is 24.4 Å². The first-order chi connectivity index (χ1) is 5.22. The highest BCUT2D eigenvalue weighted by molar-refractivity contribution is 5.99. The molecule has 1 N–H and O–H groups in total. The maximum atomic E-state index is 10.8. The van der Waals surface area contributed by atoms with Crippen LogP contribution in [0.4, 0.5) is 0 Å². The second kappa shape index (κ2) is 3.37. The third kappa shape index (κ3) is 2.22. The molecule has 1 unspecified atom stereocenters. The molecule has 60 valence electrons. The second-order valence-electron chi connectivity index (χ2n) is 2.86. The zero-order chi connectivity index (χ0) is 8.27. The molecule has 1 atom stereocenters. The van der Waals surface area contributed by atoms with E-state index in [0.29, 0.717) is 6.04 Å². The molecule has 1 heterocycles. The van der Waals surface area contributed by atoms with Crippen molar-refractivity contribution in [2.24, 2.45) is 0 Å². The first kappa shape index (κ1) is 8.05. The summed E-state index contributed by atoms with van der Waals surface area (Å²) in [6.45, 7) is 5.51. The number of nitrogens with one attached hydrogen (secondary N) is 1. The van der Waals surface area contributed by atoms with E-state index in [1.807, 2.05) is 0 Å². The van der Waals surface area contributed by atoms with Gasteiger partial charge in [0, 0.05) is 17.8 Å². The summed E-state index contributed by atoms with van der Waals surface area (Å²) in [5.74, 6) is -0.0124. The minimum Gasteiger partial charge on any atom is -0.386 e. The second-order valence-corrected chi connectivity index (χ2v) is 2.86. The topological polar surface area (TPSA) is 29.1 Å². The Morgan fingerprint density at radius 3 is 3.00 bits per heavy atom. The van der Waals surface area contributed by atoms with Gasteiger partial charge in [0.2, 0.25) is 0 Å². The van der Waals surface area contributed by atoms with Gasteiger partial charge in [-0.15, -0.1) is 0 Å². The van der Waals surface area contributed by atoms with Crippen LogP contribution in [0.1, 0.15) is 19.8 Å². The molecular formula is C9H13NO. The standard InChI is InChI=1S/C9H13NO/c1-3-9(11)6-8-5-4-7(2)10-8/h3,6-7,10H,1,4-5H2,2H3/b8-6-. The molecule has 1 saturated heterocycles. The molecule has 2 nitrogen and oxygen atoms in total. The molecule has 0 aromatic rings. The summed E-state index contributed by atoms with van der Waals surface area (Å²) in [4.78, 5) is 10.8. The first-order valence-corrected chi connectivity index (χ1v) is 3.86. The van der Waals surface area contributed by atoms with Crippen molar-refractivity contribution < 1.29 is 4.79 Å². The van der Waals surface area contributed by atoms with Gasteiger partial charge < -0.3 is 5.32 Å². The zero-order valence-electron chi connectivity index (χ0n) is 6.76. The Morgan fingerprint density at radius 1 is 1.82 bits per heavy atom. The van der Waals surface area contributed by atoms with Crippen LogP contribution < -0.4 is 5.32 Å². The van der Waals surface area contributed by atoms with E-state index in [1.165, 1.54) is 6.08 Å². The molecular weight excluding hydrogens is 138 g/mol. The molecule has 1 rings (SSSR count). The van der Waals surface area contributed by atoms with Crippen molar-refractivity contribution in [3.63, 3.8) is 0 Å². The van der Waals surface area contributed by atoms with Crippen LogP contribution in [0.3, 0.4) is 0 Å². The van der Waals surface area contributed by atoms with Crippen LogP contribution in [0.2, 0.25) is 0 Å². The highest BCUT2D eigenvalue weighted by atomic mass is 16.1. The van der Waals surface area contributed by atoms with Gasteiger partial charge in [-0.25, -0.2) is 0 Å². The quantitative estimate of drug-likeness (QED) is 0.604. The average Bonchev–Trinajstić information content (AvgIpc) is 2.35. The van der Waals surface area contributed by atoms with E-state index in [1.54, 1.807) is 6.08 Å². The zero-order valence-corrected chi connectivity index (χ0v) is 6.76. The van der Waals surface area contributed by atoms with Gasteiger partial charge in [-0.05, 0) is 25.8 Å². The number of rotatable bonds is 2. The van der Waals surface area contributed by atoms with Crippen molar-refractivity contribution in [3.8, 4) is 0 Å². The van der Waals surface area contributed by atoms with Gasteiger partial charge in [-0.1, -0.05) is 6.58 Å². The van der Waals surface area contributed by atoms with Crippen molar-refractivity contribution in [2.75, 3.05) is 0 Å². The number of hydrogen-bond donors (Lipinski definition) is 1. The van der Waals surface area contributed by atoms with Crippen molar-refractivity contribution in [2.45, 2.75) is 25.8 Å². The van der Waals surface area contributed by atoms with Crippen LogP contribution in [-0.4, -0.2) is 11.8 Å². The number of carbonyl (C=O) groups excluding carboxylic acids is 1. The molecule has 0 radical (unpaired) electrons. The van der Waals surface area contributed by atoms with Gasteiger partial charge in [0.1, 0.15) is 0 Å². The van der Waals surface area contributed by atoms with Gasteiger partial charge in [0.25, 0.3) is 0 Å². The molecule has 0 spiro atoms. The Hall–Kier alpha value is -1.05. The molecule has 0 aromatic carbocycles. The molecule has 11 heavy (non-hydrogen) atoms. The van der Waals surface area contributed by atoms with Crippen LogP contribution in [0, 0.1) is 0 Å². The van der Waals surface area contributed by atoms with E-state index in [2.05, 4.69) is 18.8 Å². The molecule has 0 aliphatic carbocycles. The summed E-state index contributed by atoms with van der Waals surface area (Å²) >= 11 is 0. The van der Waals surface area contributed by atoms with Gasteiger partial charge in [0.15, 0.2) is 5.78 Å². The highest BCUT2D eigenvalue weighted by Gasteiger charge is 2.13. The summed E-state index contributed by atoms with van der Waals surface area (Å²) in [5.41, 5.74) is 1.04. The number of allylic oxidation sites excluding steroid dienone is 3. The molecule has 0 aromatic heterocycles. The monoisotopic (exact) mass is 151 g/mol. The van der Waals surface area contributed by atoms with Crippen LogP contribution in [0.5, 0.6) is 0 Å². The molecule has 1 aliphatic rings. The molecule has 0 saturated carbocycles. The van der Waals surface area contributed by atoms with E-state index in [9.17, 15) is 4.79 Å². The molecule has 1 aliphatic heterocycles. The predicted octanol–water partition coefficient (Wildman–Crippen LogP) is 1.40. The number of ketones is 1. The maximum Gasteiger partial charge on any atom is 0.179 e. The number of carbonyl (C=O) groups is 1. The molecule has 0 amide bonds. The lowest BCUT2D eigenvalue weighted by Crippen LogP contribution is -2.15. The van der Waals surface area contributed by atoms with E-state index in [0.717, 1.165) is 18.5 Å². The minimum atomic E-state index is -0.0124. The normalized spacial score (nSPS) is 26.6. The summed E-state index contributed by atoms with van der Waals surface area (Å²) in [6.07, 6.45) is 5.06. The SMILES string of the molecule is C=CC(=O)/C=C1/CCC(C)N1. The summed E-state index contributed by atoms with van der Waals surface area (Å²) in [6, 6.07) is 0.513. The van der Waals surface area contributed by atoms with Crippen LogP contribution in [-0.2, 0) is 4.79 Å². The Labute approximate surface area is 67.0 Å². The van der Waals surface area contributed by atoms with Gasteiger partial charge in [-0.2, -0.15) is 0 Å². The molecule has 0 bridgehead atoms. The minimum absolute atomic E-state index is 0.0124.